The molecule has 1 aliphatic heterocycles. The normalized spacial score (nSPS) is 15.0. The van der Waals surface area contributed by atoms with Gasteiger partial charge in [0.15, 0.2) is 0 Å². The minimum absolute atomic E-state index is 0.318. The highest BCUT2D eigenvalue weighted by Crippen LogP contribution is 2.36. The molecule has 3 aromatic rings. The molecule has 130 valence electrons. The van der Waals surface area contributed by atoms with E-state index in [1.54, 1.807) is 18.7 Å². The fourth-order valence-electron chi connectivity index (χ4n) is 3.50. The average molecular weight is 348 g/mol. The monoisotopic (exact) mass is 348 g/mol. The van der Waals surface area contributed by atoms with Crippen molar-refractivity contribution in [1.82, 2.24) is 19.7 Å². The van der Waals surface area contributed by atoms with Crippen molar-refractivity contribution in [2.75, 3.05) is 18.0 Å². The van der Waals surface area contributed by atoms with Gasteiger partial charge in [0.1, 0.15) is 18.7 Å². The molecule has 1 aromatic carbocycles. The molecule has 0 aliphatic carbocycles. The van der Waals surface area contributed by atoms with Gasteiger partial charge in [-0.05, 0) is 31.0 Å². The zero-order valence-corrected chi connectivity index (χ0v) is 14.1. The molecule has 0 saturated carbocycles. The van der Waals surface area contributed by atoms with Gasteiger partial charge in [0.2, 0.25) is 5.95 Å². The van der Waals surface area contributed by atoms with Crippen LogP contribution in [0.15, 0.2) is 49.2 Å². The average Bonchev–Trinajstić information content (AvgIpc) is 3.23. The molecule has 1 fully saturated rings. The standard InChI is InChI=1S/C19H17FN6/c20-18-5-4-15(11-23-18)17-3-1-2-14(10-21)19(17)25-8-6-16(7-9-25)26-13-22-12-24-26/h1-5,11-13,16H,6-9H2. The van der Waals surface area contributed by atoms with Crippen LogP contribution in [0, 0.1) is 17.3 Å². The second kappa shape index (κ2) is 6.92. The van der Waals surface area contributed by atoms with Crippen LogP contribution < -0.4 is 4.90 Å². The molecular weight excluding hydrogens is 331 g/mol. The van der Waals surface area contributed by atoms with Gasteiger partial charge in [0, 0.05) is 30.4 Å². The van der Waals surface area contributed by atoms with E-state index in [-0.39, 0.29) is 0 Å². The Morgan fingerprint density at radius 3 is 2.65 bits per heavy atom. The van der Waals surface area contributed by atoms with Crippen molar-refractivity contribution in [2.24, 2.45) is 0 Å². The second-order valence-electron chi connectivity index (χ2n) is 6.28. The minimum Gasteiger partial charge on any atom is -0.370 e. The Morgan fingerprint density at radius 1 is 1.15 bits per heavy atom. The molecule has 4 rings (SSSR count). The SMILES string of the molecule is N#Cc1cccc(-c2ccc(F)nc2)c1N1CCC(n2cncn2)CC1. The van der Waals surface area contributed by atoms with Crippen molar-refractivity contribution in [3.05, 3.63) is 60.7 Å². The number of pyridine rings is 1. The van der Waals surface area contributed by atoms with Gasteiger partial charge in [-0.25, -0.2) is 14.6 Å². The predicted octanol–water partition coefficient (Wildman–Crippen LogP) is 3.19. The van der Waals surface area contributed by atoms with Crippen molar-refractivity contribution in [1.29, 1.82) is 5.26 Å². The van der Waals surface area contributed by atoms with E-state index in [0.717, 1.165) is 42.7 Å². The third kappa shape index (κ3) is 3.02. The first kappa shape index (κ1) is 16.2. The van der Waals surface area contributed by atoms with E-state index in [0.29, 0.717) is 11.6 Å². The number of halogens is 1. The second-order valence-corrected chi connectivity index (χ2v) is 6.28. The third-order valence-electron chi connectivity index (χ3n) is 4.79. The van der Waals surface area contributed by atoms with E-state index in [4.69, 9.17) is 0 Å². The molecule has 26 heavy (non-hydrogen) atoms. The van der Waals surface area contributed by atoms with Crippen LogP contribution in [-0.4, -0.2) is 32.8 Å². The Labute approximate surface area is 150 Å². The highest BCUT2D eigenvalue weighted by molar-refractivity contribution is 5.82. The summed E-state index contributed by atoms with van der Waals surface area (Å²) in [5.74, 6) is -0.514. The van der Waals surface area contributed by atoms with Gasteiger partial charge in [-0.1, -0.05) is 12.1 Å². The Hall–Kier alpha value is -3.27. The van der Waals surface area contributed by atoms with Crippen molar-refractivity contribution < 1.29 is 4.39 Å². The Morgan fingerprint density at radius 2 is 2.00 bits per heavy atom. The summed E-state index contributed by atoms with van der Waals surface area (Å²) >= 11 is 0. The Balaban J connectivity index is 1.66. The zero-order chi connectivity index (χ0) is 17.9. The summed E-state index contributed by atoms with van der Waals surface area (Å²) in [6.07, 6.45) is 6.65. The van der Waals surface area contributed by atoms with E-state index < -0.39 is 5.95 Å². The summed E-state index contributed by atoms with van der Waals surface area (Å²) in [4.78, 5) is 10.0. The fraction of sp³-hybridized carbons (Fsp3) is 0.263. The van der Waals surface area contributed by atoms with Crippen molar-refractivity contribution >= 4 is 5.69 Å². The van der Waals surface area contributed by atoms with Gasteiger partial charge in [0.05, 0.1) is 17.3 Å². The summed E-state index contributed by atoms with van der Waals surface area (Å²) in [5, 5.41) is 13.8. The fourth-order valence-corrected chi connectivity index (χ4v) is 3.50. The number of piperidine rings is 1. The maximum absolute atomic E-state index is 13.2. The van der Waals surface area contributed by atoms with E-state index in [1.807, 2.05) is 22.9 Å². The van der Waals surface area contributed by atoms with Crippen molar-refractivity contribution in [3.63, 3.8) is 0 Å². The van der Waals surface area contributed by atoms with Crippen LogP contribution in [0.25, 0.3) is 11.1 Å². The van der Waals surface area contributed by atoms with E-state index in [1.165, 1.54) is 12.3 Å². The van der Waals surface area contributed by atoms with Crippen molar-refractivity contribution in [3.8, 4) is 17.2 Å². The number of benzene rings is 1. The van der Waals surface area contributed by atoms with Gasteiger partial charge >= 0.3 is 0 Å². The summed E-state index contributed by atoms with van der Waals surface area (Å²) in [6.45, 7) is 1.62. The van der Waals surface area contributed by atoms with Crippen LogP contribution in [0.2, 0.25) is 0 Å². The summed E-state index contributed by atoms with van der Waals surface area (Å²) in [7, 11) is 0. The number of aromatic nitrogens is 4. The van der Waals surface area contributed by atoms with Gasteiger partial charge in [0.25, 0.3) is 0 Å². The quantitative estimate of drug-likeness (QED) is 0.680. The molecule has 0 bridgehead atoms. The first-order valence-corrected chi connectivity index (χ1v) is 8.50. The molecule has 0 atom stereocenters. The molecular formula is C19H17FN6. The van der Waals surface area contributed by atoms with Crippen LogP contribution in [0.5, 0.6) is 0 Å². The van der Waals surface area contributed by atoms with Crippen LogP contribution in [0.3, 0.4) is 0 Å². The molecule has 0 N–H and O–H groups in total. The maximum atomic E-state index is 13.2. The van der Waals surface area contributed by atoms with Gasteiger partial charge in [-0.2, -0.15) is 14.8 Å². The van der Waals surface area contributed by atoms with E-state index in [2.05, 4.69) is 26.0 Å². The minimum atomic E-state index is -0.514. The van der Waals surface area contributed by atoms with E-state index >= 15 is 0 Å². The Kier molecular flexibility index (Phi) is 4.32. The number of nitriles is 1. The summed E-state index contributed by atoms with van der Waals surface area (Å²) in [6, 6.07) is 11.3. The molecule has 1 aliphatic rings. The van der Waals surface area contributed by atoms with E-state index in [9.17, 15) is 9.65 Å². The number of hydrogen-bond donors (Lipinski definition) is 0. The highest BCUT2D eigenvalue weighted by Gasteiger charge is 2.25. The first-order valence-electron chi connectivity index (χ1n) is 8.50. The van der Waals surface area contributed by atoms with Crippen LogP contribution in [-0.2, 0) is 0 Å². The van der Waals surface area contributed by atoms with Gasteiger partial charge in [-0.3, -0.25) is 0 Å². The number of hydrogen-bond acceptors (Lipinski definition) is 5. The lowest BCUT2D eigenvalue weighted by atomic mass is 9.97. The number of rotatable bonds is 3. The van der Waals surface area contributed by atoms with Crippen LogP contribution >= 0.6 is 0 Å². The molecule has 7 heteroatoms. The number of anilines is 1. The Bertz CT molecular complexity index is 922. The number of para-hydroxylation sites is 1. The van der Waals surface area contributed by atoms with Crippen molar-refractivity contribution in [2.45, 2.75) is 18.9 Å². The van der Waals surface area contributed by atoms with Crippen LogP contribution in [0.1, 0.15) is 24.4 Å². The smallest absolute Gasteiger partial charge is 0.212 e. The molecule has 2 aromatic heterocycles. The molecule has 1 saturated heterocycles. The maximum Gasteiger partial charge on any atom is 0.212 e. The highest BCUT2D eigenvalue weighted by atomic mass is 19.1. The predicted molar refractivity (Wildman–Crippen MR) is 94.9 cm³/mol. The number of nitrogens with zero attached hydrogens (tertiary/aromatic N) is 6. The summed E-state index contributed by atoms with van der Waals surface area (Å²) < 4.78 is 15.1. The lowest BCUT2D eigenvalue weighted by Crippen LogP contribution is -2.35. The molecule has 0 spiro atoms. The zero-order valence-electron chi connectivity index (χ0n) is 14.1. The van der Waals surface area contributed by atoms with Crippen LogP contribution in [0.4, 0.5) is 10.1 Å². The van der Waals surface area contributed by atoms with Gasteiger partial charge < -0.3 is 4.90 Å². The molecule has 0 amide bonds. The molecule has 0 unspecified atom stereocenters. The lowest BCUT2D eigenvalue weighted by Gasteiger charge is -2.35. The largest absolute Gasteiger partial charge is 0.370 e. The first-order chi connectivity index (χ1) is 12.8. The lowest BCUT2D eigenvalue weighted by molar-refractivity contribution is 0.366. The molecule has 6 nitrogen and oxygen atoms in total. The molecule has 3 heterocycles. The topological polar surface area (TPSA) is 70.6 Å². The van der Waals surface area contributed by atoms with Gasteiger partial charge in [-0.15, -0.1) is 0 Å². The molecule has 0 radical (unpaired) electrons. The summed E-state index contributed by atoms with van der Waals surface area (Å²) in [5.41, 5.74) is 3.21. The third-order valence-corrected chi connectivity index (χ3v) is 4.79.